The summed E-state index contributed by atoms with van der Waals surface area (Å²) in [6.45, 7) is 1.75. The lowest BCUT2D eigenvalue weighted by molar-refractivity contribution is -0.137. The molecular weight excluding hydrogens is 381 g/mol. The standard InChI is InChI=1S/C19H16ClF3N2O2/c1-11-10-12(20)6-7-14(11)24-16(26)18(8-9-18)17(27)25-15-5-3-2-4-13(15)19(21,22)23/h2-7,10H,8-9H2,1H3,(H,24,26)(H,25,27). The maximum absolute atomic E-state index is 13.1. The molecule has 2 N–H and O–H groups in total. The average Bonchev–Trinajstić information content (AvgIpc) is 3.39. The van der Waals surface area contributed by atoms with E-state index in [1.165, 1.54) is 12.1 Å². The quantitative estimate of drug-likeness (QED) is 0.712. The highest BCUT2D eigenvalue weighted by Gasteiger charge is 2.57. The van der Waals surface area contributed by atoms with Crippen molar-refractivity contribution >= 4 is 34.8 Å². The summed E-state index contributed by atoms with van der Waals surface area (Å²) in [5, 5.41) is 5.45. The topological polar surface area (TPSA) is 58.2 Å². The Balaban J connectivity index is 1.78. The molecule has 1 fully saturated rings. The van der Waals surface area contributed by atoms with Crippen molar-refractivity contribution in [3.63, 3.8) is 0 Å². The van der Waals surface area contributed by atoms with Crippen LogP contribution in [0.3, 0.4) is 0 Å². The Morgan fingerprint density at radius 1 is 1.00 bits per heavy atom. The van der Waals surface area contributed by atoms with Crippen molar-refractivity contribution in [3.05, 3.63) is 58.6 Å². The number of hydrogen-bond acceptors (Lipinski definition) is 2. The monoisotopic (exact) mass is 396 g/mol. The highest BCUT2D eigenvalue weighted by molar-refractivity contribution is 6.30. The van der Waals surface area contributed by atoms with Gasteiger partial charge in [-0.15, -0.1) is 0 Å². The zero-order valence-corrected chi connectivity index (χ0v) is 15.0. The second-order valence-electron chi connectivity index (χ2n) is 6.49. The summed E-state index contributed by atoms with van der Waals surface area (Å²) in [7, 11) is 0. The number of hydrogen-bond donors (Lipinski definition) is 2. The average molecular weight is 397 g/mol. The van der Waals surface area contributed by atoms with Gasteiger partial charge in [0.1, 0.15) is 5.41 Å². The highest BCUT2D eigenvalue weighted by atomic mass is 35.5. The summed E-state index contributed by atoms with van der Waals surface area (Å²) in [6, 6.07) is 9.55. The van der Waals surface area contributed by atoms with Gasteiger partial charge in [0.05, 0.1) is 11.3 Å². The molecule has 0 radical (unpaired) electrons. The van der Waals surface area contributed by atoms with E-state index in [4.69, 9.17) is 11.6 Å². The maximum Gasteiger partial charge on any atom is 0.418 e. The minimum atomic E-state index is -4.61. The third-order valence-electron chi connectivity index (χ3n) is 4.54. The van der Waals surface area contributed by atoms with Crippen LogP contribution in [0.4, 0.5) is 24.5 Å². The van der Waals surface area contributed by atoms with Gasteiger partial charge in [-0.25, -0.2) is 0 Å². The van der Waals surface area contributed by atoms with Crippen LogP contribution in [0.5, 0.6) is 0 Å². The predicted molar refractivity (Wildman–Crippen MR) is 96.6 cm³/mol. The van der Waals surface area contributed by atoms with E-state index in [2.05, 4.69) is 10.6 Å². The van der Waals surface area contributed by atoms with Crippen molar-refractivity contribution in [1.29, 1.82) is 0 Å². The summed E-state index contributed by atoms with van der Waals surface area (Å²) in [6.07, 6.45) is -4.07. The number of rotatable bonds is 4. The highest BCUT2D eigenvalue weighted by Crippen LogP contribution is 2.48. The van der Waals surface area contributed by atoms with Gasteiger partial charge in [-0.2, -0.15) is 13.2 Å². The smallest absolute Gasteiger partial charge is 0.325 e. The predicted octanol–water partition coefficient (Wildman–Crippen LogP) is 5.02. The first-order chi connectivity index (χ1) is 12.6. The second kappa shape index (κ2) is 6.88. The van der Waals surface area contributed by atoms with E-state index < -0.39 is 29.0 Å². The number of benzene rings is 2. The molecule has 0 aromatic heterocycles. The molecule has 0 saturated heterocycles. The molecule has 2 amide bonds. The number of amides is 2. The summed E-state index contributed by atoms with van der Waals surface area (Å²) in [4.78, 5) is 25.2. The van der Waals surface area contributed by atoms with E-state index in [1.54, 1.807) is 25.1 Å². The summed E-state index contributed by atoms with van der Waals surface area (Å²) >= 11 is 5.88. The number of carbonyl (C=O) groups excluding carboxylic acids is 2. The summed E-state index contributed by atoms with van der Waals surface area (Å²) in [5.74, 6) is -1.29. The number of nitrogens with one attached hydrogen (secondary N) is 2. The molecule has 0 unspecified atom stereocenters. The molecule has 2 aromatic carbocycles. The van der Waals surface area contributed by atoms with Crippen molar-refractivity contribution in [2.45, 2.75) is 25.9 Å². The summed E-state index contributed by atoms with van der Waals surface area (Å²) in [5.41, 5.74) is -1.47. The summed E-state index contributed by atoms with van der Waals surface area (Å²) < 4.78 is 39.3. The SMILES string of the molecule is Cc1cc(Cl)ccc1NC(=O)C1(C(=O)Nc2ccccc2C(F)(F)F)CC1. The normalized spacial score (nSPS) is 15.1. The molecule has 0 atom stereocenters. The Kier molecular flexibility index (Phi) is 4.90. The third kappa shape index (κ3) is 3.93. The van der Waals surface area contributed by atoms with E-state index in [-0.39, 0.29) is 18.5 Å². The van der Waals surface area contributed by atoms with Crippen LogP contribution in [0.1, 0.15) is 24.0 Å². The van der Waals surface area contributed by atoms with E-state index in [0.29, 0.717) is 10.7 Å². The van der Waals surface area contributed by atoms with Gasteiger partial charge in [-0.1, -0.05) is 23.7 Å². The minimum absolute atomic E-state index is 0.269. The first kappa shape index (κ1) is 19.2. The van der Waals surface area contributed by atoms with Crippen LogP contribution in [0, 0.1) is 12.3 Å². The van der Waals surface area contributed by atoms with Crippen molar-refractivity contribution in [3.8, 4) is 0 Å². The van der Waals surface area contributed by atoms with Gasteiger partial charge in [0.15, 0.2) is 0 Å². The number of aryl methyl sites for hydroxylation is 1. The molecule has 142 valence electrons. The molecule has 1 saturated carbocycles. The van der Waals surface area contributed by atoms with E-state index >= 15 is 0 Å². The lowest BCUT2D eigenvalue weighted by Gasteiger charge is -2.18. The number of para-hydroxylation sites is 1. The van der Waals surface area contributed by atoms with Gasteiger partial charge < -0.3 is 10.6 Å². The van der Waals surface area contributed by atoms with Crippen LogP contribution in [0.25, 0.3) is 0 Å². The fourth-order valence-corrected chi connectivity index (χ4v) is 3.00. The first-order valence-corrected chi connectivity index (χ1v) is 8.56. The Morgan fingerprint density at radius 2 is 1.59 bits per heavy atom. The fourth-order valence-electron chi connectivity index (χ4n) is 2.77. The van der Waals surface area contributed by atoms with Crippen LogP contribution < -0.4 is 10.6 Å². The maximum atomic E-state index is 13.1. The Hall–Kier alpha value is -2.54. The zero-order chi connectivity index (χ0) is 19.8. The van der Waals surface area contributed by atoms with Crippen molar-refractivity contribution in [2.24, 2.45) is 5.41 Å². The van der Waals surface area contributed by atoms with Crippen molar-refractivity contribution in [1.82, 2.24) is 0 Å². The number of carbonyl (C=O) groups is 2. The first-order valence-electron chi connectivity index (χ1n) is 8.19. The number of halogens is 4. The molecule has 0 spiro atoms. The zero-order valence-electron chi connectivity index (χ0n) is 14.3. The van der Waals surface area contributed by atoms with Crippen LogP contribution >= 0.6 is 11.6 Å². The largest absolute Gasteiger partial charge is 0.418 e. The van der Waals surface area contributed by atoms with Crippen molar-refractivity contribution < 1.29 is 22.8 Å². The van der Waals surface area contributed by atoms with Gasteiger partial charge in [0, 0.05) is 10.7 Å². The van der Waals surface area contributed by atoms with E-state index in [9.17, 15) is 22.8 Å². The molecule has 0 heterocycles. The minimum Gasteiger partial charge on any atom is -0.325 e. The van der Waals surface area contributed by atoms with Gasteiger partial charge in [0.25, 0.3) is 0 Å². The lowest BCUT2D eigenvalue weighted by atomic mass is 10.0. The molecule has 1 aliphatic rings. The van der Waals surface area contributed by atoms with Crippen LogP contribution in [-0.2, 0) is 15.8 Å². The number of anilines is 2. The Bertz CT molecular complexity index is 908. The molecular formula is C19H16ClF3N2O2. The Labute approximate surface area is 158 Å². The van der Waals surface area contributed by atoms with Crippen LogP contribution in [-0.4, -0.2) is 11.8 Å². The molecule has 0 aliphatic heterocycles. The Morgan fingerprint density at radius 3 is 2.15 bits per heavy atom. The molecule has 2 aromatic rings. The van der Waals surface area contributed by atoms with Gasteiger partial charge in [-0.3, -0.25) is 9.59 Å². The second-order valence-corrected chi connectivity index (χ2v) is 6.93. The van der Waals surface area contributed by atoms with Crippen molar-refractivity contribution in [2.75, 3.05) is 10.6 Å². The number of alkyl halides is 3. The lowest BCUT2D eigenvalue weighted by Crippen LogP contribution is -2.36. The molecule has 4 nitrogen and oxygen atoms in total. The van der Waals surface area contributed by atoms with Gasteiger partial charge in [-0.05, 0) is 55.7 Å². The van der Waals surface area contributed by atoms with Gasteiger partial charge >= 0.3 is 6.18 Å². The van der Waals surface area contributed by atoms with E-state index in [0.717, 1.165) is 17.7 Å². The molecule has 1 aliphatic carbocycles. The molecule has 27 heavy (non-hydrogen) atoms. The molecule has 3 rings (SSSR count). The van der Waals surface area contributed by atoms with Crippen LogP contribution in [0.2, 0.25) is 5.02 Å². The van der Waals surface area contributed by atoms with Gasteiger partial charge in [0.2, 0.25) is 11.8 Å². The fraction of sp³-hybridized carbons (Fsp3) is 0.263. The third-order valence-corrected chi connectivity index (χ3v) is 4.77. The molecule has 0 bridgehead atoms. The molecule has 8 heteroatoms. The van der Waals surface area contributed by atoms with E-state index in [1.807, 2.05) is 0 Å². The van der Waals surface area contributed by atoms with Crippen LogP contribution in [0.15, 0.2) is 42.5 Å².